The largest absolute Gasteiger partial charge is 0.438 e. The Morgan fingerprint density at radius 1 is 1.19 bits per heavy atom. The number of rotatable bonds is 6. The number of aryl methyl sites for hydroxylation is 1. The minimum atomic E-state index is -0.808. The molecule has 1 aliphatic rings. The fourth-order valence-corrected chi connectivity index (χ4v) is 3.36. The van der Waals surface area contributed by atoms with Crippen LogP contribution in [-0.2, 0) is 4.74 Å². The third-order valence-corrected chi connectivity index (χ3v) is 5.05. The van der Waals surface area contributed by atoms with Crippen LogP contribution in [0.5, 0.6) is 11.6 Å². The van der Waals surface area contributed by atoms with Crippen molar-refractivity contribution in [1.82, 2.24) is 19.9 Å². The molecule has 1 atom stereocenters. The molecule has 162 valence electrons. The van der Waals surface area contributed by atoms with Crippen molar-refractivity contribution in [2.45, 2.75) is 13.0 Å². The molecule has 0 spiro atoms. The standard InChI is InChI=1S/C21H23ClN6O3/c1-13-26-19(28-4-6-30-7-5-28)9-20(27-13)31-18-8-15(22)2-3-16(18)21-24-11-14(12-25-21)17(29)10-23/h2-3,8-9,11-12,17,29H,4-7,10,23H2,1H3/t17-/m1/s1. The highest BCUT2D eigenvalue weighted by atomic mass is 35.5. The lowest BCUT2D eigenvalue weighted by Crippen LogP contribution is -2.36. The van der Waals surface area contributed by atoms with Crippen LogP contribution in [0, 0.1) is 6.92 Å². The first-order valence-electron chi connectivity index (χ1n) is 9.89. The summed E-state index contributed by atoms with van der Waals surface area (Å²) < 4.78 is 11.5. The van der Waals surface area contributed by atoms with Gasteiger partial charge in [0.25, 0.3) is 0 Å². The van der Waals surface area contributed by atoms with Gasteiger partial charge in [0.2, 0.25) is 5.88 Å². The van der Waals surface area contributed by atoms with Gasteiger partial charge < -0.3 is 25.2 Å². The molecule has 31 heavy (non-hydrogen) atoms. The van der Waals surface area contributed by atoms with Crippen LogP contribution in [0.25, 0.3) is 11.4 Å². The third kappa shape index (κ3) is 5.08. The molecule has 3 aromatic rings. The third-order valence-electron chi connectivity index (χ3n) is 4.81. The van der Waals surface area contributed by atoms with Gasteiger partial charge in [-0.3, -0.25) is 0 Å². The van der Waals surface area contributed by atoms with E-state index in [4.69, 9.17) is 26.8 Å². The molecule has 3 heterocycles. The normalized spacial score (nSPS) is 15.0. The molecule has 1 aliphatic heterocycles. The Kier molecular flexibility index (Phi) is 6.57. The summed E-state index contributed by atoms with van der Waals surface area (Å²) in [6.45, 7) is 4.74. The van der Waals surface area contributed by atoms with Crippen molar-refractivity contribution in [2.75, 3.05) is 37.7 Å². The number of aromatic nitrogens is 4. The lowest BCUT2D eigenvalue weighted by atomic mass is 10.1. The number of morpholine rings is 1. The number of aliphatic hydroxyl groups is 1. The van der Waals surface area contributed by atoms with Crippen molar-refractivity contribution in [3.63, 3.8) is 0 Å². The minimum Gasteiger partial charge on any atom is -0.438 e. The Morgan fingerprint density at radius 2 is 1.94 bits per heavy atom. The number of halogens is 1. The predicted octanol–water partition coefficient (Wildman–Crippen LogP) is 2.52. The zero-order valence-corrected chi connectivity index (χ0v) is 17.8. The van der Waals surface area contributed by atoms with Gasteiger partial charge in [-0.2, -0.15) is 4.98 Å². The van der Waals surface area contributed by atoms with E-state index in [1.807, 2.05) is 6.92 Å². The molecule has 0 unspecified atom stereocenters. The zero-order valence-electron chi connectivity index (χ0n) is 17.0. The second-order valence-electron chi connectivity index (χ2n) is 7.05. The predicted molar refractivity (Wildman–Crippen MR) is 116 cm³/mol. The van der Waals surface area contributed by atoms with Gasteiger partial charge >= 0.3 is 0 Å². The molecule has 0 aliphatic carbocycles. The molecule has 1 saturated heterocycles. The van der Waals surface area contributed by atoms with E-state index >= 15 is 0 Å². The number of ether oxygens (including phenoxy) is 2. The Balaban J connectivity index is 1.65. The topological polar surface area (TPSA) is 120 Å². The van der Waals surface area contributed by atoms with Crippen molar-refractivity contribution in [2.24, 2.45) is 5.73 Å². The summed E-state index contributed by atoms with van der Waals surface area (Å²) >= 11 is 6.22. The molecule has 4 rings (SSSR count). The van der Waals surface area contributed by atoms with Crippen LogP contribution < -0.4 is 15.4 Å². The zero-order chi connectivity index (χ0) is 21.8. The second-order valence-corrected chi connectivity index (χ2v) is 7.48. The van der Waals surface area contributed by atoms with Crippen LogP contribution in [0.4, 0.5) is 5.82 Å². The summed E-state index contributed by atoms with van der Waals surface area (Å²) in [6, 6.07) is 7.00. The number of aliphatic hydroxyl groups excluding tert-OH is 1. The summed E-state index contributed by atoms with van der Waals surface area (Å²) in [5.41, 5.74) is 6.68. The molecule has 3 N–H and O–H groups in total. The first-order valence-corrected chi connectivity index (χ1v) is 10.3. The number of benzene rings is 1. The molecular weight excluding hydrogens is 420 g/mol. The molecule has 9 nitrogen and oxygen atoms in total. The monoisotopic (exact) mass is 442 g/mol. The molecule has 0 bridgehead atoms. The summed E-state index contributed by atoms with van der Waals surface area (Å²) in [7, 11) is 0. The van der Waals surface area contributed by atoms with E-state index in [1.54, 1.807) is 36.7 Å². The van der Waals surface area contributed by atoms with Crippen LogP contribution in [-0.4, -0.2) is 57.9 Å². The van der Waals surface area contributed by atoms with Crippen molar-refractivity contribution in [1.29, 1.82) is 0 Å². The number of hydrogen-bond acceptors (Lipinski definition) is 9. The fourth-order valence-electron chi connectivity index (χ4n) is 3.20. The average molecular weight is 443 g/mol. The number of anilines is 1. The van der Waals surface area contributed by atoms with Crippen LogP contribution in [0.15, 0.2) is 36.7 Å². The Morgan fingerprint density at radius 3 is 2.65 bits per heavy atom. The first-order chi connectivity index (χ1) is 15.0. The van der Waals surface area contributed by atoms with Crippen molar-refractivity contribution in [3.8, 4) is 23.0 Å². The Hall–Kier alpha value is -2.85. The van der Waals surface area contributed by atoms with Gasteiger partial charge in [-0.05, 0) is 19.1 Å². The van der Waals surface area contributed by atoms with Crippen LogP contribution in [0.2, 0.25) is 5.02 Å². The molecule has 0 saturated carbocycles. The molecule has 10 heteroatoms. The maximum absolute atomic E-state index is 9.86. The number of nitrogens with zero attached hydrogens (tertiary/aromatic N) is 5. The second kappa shape index (κ2) is 9.52. The van der Waals surface area contributed by atoms with Crippen molar-refractivity contribution >= 4 is 17.4 Å². The van der Waals surface area contributed by atoms with Gasteiger partial charge in [-0.15, -0.1) is 0 Å². The Bertz CT molecular complexity index is 1040. The summed E-state index contributed by atoms with van der Waals surface area (Å²) in [5.74, 6) is 2.67. The van der Waals surface area contributed by atoms with E-state index in [1.165, 1.54) is 0 Å². The highest BCUT2D eigenvalue weighted by Crippen LogP contribution is 2.34. The van der Waals surface area contributed by atoms with E-state index in [0.29, 0.717) is 52.6 Å². The fraction of sp³-hybridized carbons (Fsp3) is 0.333. The van der Waals surface area contributed by atoms with E-state index < -0.39 is 6.10 Å². The van der Waals surface area contributed by atoms with Crippen LogP contribution in [0.1, 0.15) is 17.5 Å². The molecule has 0 radical (unpaired) electrons. The van der Waals surface area contributed by atoms with Crippen LogP contribution in [0.3, 0.4) is 0 Å². The van der Waals surface area contributed by atoms with Gasteiger partial charge in [0.1, 0.15) is 17.4 Å². The molecule has 2 aromatic heterocycles. The van der Waals surface area contributed by atoms with E-state index in [2.05, 4.69) is 24.8 Å². The molecular formula is C21H23ClN6O3. The molecule has 1 fully saturated rings. The smallest absolute Gasteiger partial charge is 0.224 e. The SMILES string of the molecule is Cc1nc(Oc2cc(Cl)ccc2-c2ncc([C@H](O)CN)cn2)cc(N2CCOCC2)n1. The number of hydrogen-bond donors (Lipinski definition) is 2. The van der Waals surface area contributed by atoms with Gasteiger partial charge in [-0.25, -0.2) is 15.0 Å². The summed E-state index contributed by atoms with van der Waals surface area (Å²) in [6.07, 6.45) is 2.28. The maximum Gasteiger partial charge on any atom is 0.224 e. The maximum atomic E-state index is 9.86. The average Bonchev–Trinajstić information content (AvgIpc) is 2.79. The van der Waals surface area contributed by atoms with Crippen molar-refractivity contribution < 1.29 is 14.6 Å². The van der Waals surface area contributed by atoms with Gasteiger partial charge in [0.05, 0.1) is 24.9 Å². The summed E-state index contributed by atoms with van der Waals surface area (Å²) in [4.78, 5) is 19.8. The molecule has 1 aromatic carbocycles. The van der Waals surface area contributed by atoms with Gasteiger partial charge in [-0.1, -0.05) is 11.6 Å². The van der Waals surface area contributed by atoms with Crippen molar-refractivity contribution in [3.05, 3.63) is 53.1 Å². The molecule has 0 amide bonds. The highest BCUT2D eigenvalue weighted by Gasteiger charge is 2.17. The van der Waals surface area contributed by atoms with Crippen LogP contribution >= 0.6 is 11.6 Å². The Labute approximate surface area is 184 Å². The lowest BCUT2D eigenvalue weighted by molar-refractivity contribution is 0.122. The summed E-state index contributed by atoms with van der Waals surface area (Å²) in [5, 5.41) is 10.4. The first kappa shape index (κ1) is 21.4. The van der Waals surface area contributed by atoms with E-state index in [9.17, 15) is 5.11 Å². The van der Waals surface area contributed by atoms with Gasteiger partial charge in [0.15, 0.2) is 5.82 Å². The van der Waals surface area contributed by atoms with E-state index in [-0.39, 0.29) is 6.54 Å². The van der Waals surface area contributed by atoms with E-state index in [0.717, 1.165) is 18.9 Å². The quantitative estimate of drug-likeness (QED) is 0.593. The highest BCUT2D eigenvalue weighted by molar-refractivity contribution is 6.30. The number of nitrogens with two attached hydrogens (primary N) is 1. The minimum absolute atomic E-state index is 0.0938. The lowest BCUT2D eigenvalue weighted by Gasteiger charge is -2.28. The van der Waals surface area contributed by atoms with Gasteiger partial charge in [0, 0.05) is 54.7 Å².